The van der Waals surface area contributed by atoms with Gasteiger partial charge in [-0.05, 0) is 166 Å². The van der Waals surface area contributed by atoms with Gasteiger partial charge in [-0.1, -0.05) is 22.4 Å². The summed E-state index contributed by atoms with van der Waals surface area (Å²) in [4.78, 5) is 37.1. The number of halogens is 2. The predicted octanol–water partition coefficient (Wildman–Crippen LogP) is 11.2. The van der Waals surface area contributed by atoms with Crippen LogP contribution in [0, 0.1) is 39.3 Å². The third-order valence-corrected chi connectivity index (χ3v) is 15.3. The van der Waals surface area contributed by atoms with E-state index in [0.29, 0.717) is 44.2 Å². The molecule has 4 aromatic heterocycles. The molecule has 6 heterocycles. The molecule has 3 N–H and O–H groups in total. The molecule has 4 aliphatic rings. The molecule has 14 nitrogen and oxygen atoms in total. The number of piperidine rings is 2. The number of amides is 2. The van der Waals surface area contributed by atoms with E-state index < -0.39 is 28.9 Å². The maximum Gasteiger partial charge on any atom is 0.227 e. The van der Waals surface area contributed by atoms with Crippen LogP contribution >= 0.6 is 0 Å². The third-order valence-electron chi connectivity index (χ3n) is 15.3. The molecule has 11 rings (SSSR count). The van der Waals surface area contributed by atoms with E-state index in [9.17, 15) is 28.6 Å². The molecule has 2 saturated carbocycles. The highest BCUT2D eigenvalue weighted by molar-refractivity contribution is 5.95. The summed E-state index contributed by atoms with van der Waals surface area (Å²) in [6.45, 7) is 11.5. The maximum absolute atomic E-state index is 14.3. The number of benzene rings is 3. The number of nitrogens with zero attached hydrogens (tertiary/aromatic N) is 7. The van der Waals surface area contributed by atoms with Crippen molar-refractivity contribution < 1.29 is 37.6 Å². The van der Waals surface area contributed by atoms with Crippen LogP contribution in [-0.2, 0) is 9.59 Å². The van der Waals surface area contributed by atoms with Crippen molar-refractivity contribution in [1.29, 1.82) is 0 Å². The quantitative estimate of drug-likeness (QED) is 0.139. The Balaban J connectivity index is 0.000000166. The highest BCUT2D eigenvalue weighted by Gasteiger charge is 2.39. The highest BCUT2D eigenvalue weighted by atomic mass is 19.2. The van der Waals surface area contributed by atoms with Gasteiger partial charge in [0.1, 0.15) is 23.2 Å². The van der Waals surface area contributed by atoms with Crippen LogP contribution in [0.3, 0.4) is 0 Å². The van der Waals surface area contributed by atoms with E-state index in [1.807, 2.05) is 59.7 Å². The standard InChI is InChI=1S/C30H32F2N4O3.C24H30N4O3/c1-17-28(18(2)39-34-17)19-7-10-25-24(15-19)33-29(36(25)20-11-13-30(3,38)14-12-20)26-5-4-6-27(37)35(26)21-8-9-22(31)23(32)16-21;1-14-22(15(2)31-27-14)16-7-8-20-19(13-16)26-23(18-5-4-6-21(29)25-18)28(20)17-9-11-24(3,30)12-10-17/h7-10,15-16,20,26,38H,4-6,11-14H2,1-3H3;7-8,13,17-18,30H,4-6,9-12H2,1-3H3,(H,25,29)/t20?,26-,30?;17?,18-,24?/m00/s1. The fourth-order valence-corrected chi connectivity index (χ4v) is 11.6. The fourth-order valence-electron chi connectivity index (χ4n) is 11.6. The first-order chi connectivity index (χ1) is 33.4. The van der Waals surface area contributed by atoms with Gasteiger partial charge in [0.15, 0.2) is 11.6 Å². The molecule has 0 radical (unpaired) electrons. The van der Waals surface area contributed by atoms with Crippen molar-refractivity contribution in [2.24, 2.45) is 0 Å². The Morgan fingerprint density at radius 2 is 1.16 bits per heavy atom. The Labute approximate surface area is 405 Å². The van der Waals surface area contributed by atoms with Gasteiger partial charge < -0.3 is 38.6 Å². The molecule has 2 saturated heterocycles. The fraction of sp³-hybridized carbons (Fsp3) is 0.481. The summed E-state index contributed by atoms with van der Waals surface area (Å²) >= 11 is 0. The van der Waals surface area contributed by atoms with Crippen LogP contribution in [0.1, 0.15) is 162 Å². The van der Waals surface area contributed by atoms with E-state index >= 15 is 0 Å². The number of carbonyl (C=O) groups is 2. The summed E-state index contributed by atoms with van der Waals surface area (Å²) in [5, 5.41) is 32.4. The Bertz CT molecular complexity index is 3070. The van der Waals surface area contributed by atoms with Gasteiger partial charge in [0, 0.05) is 47.8 Å². The molecule has 2 atom stereocenters. The Hall–Kier alpha value is -6.26. The smallest absolute Gasteiger partial charge is 0.227 e. The number of hydrogen-bond donors (Lipinski definition) is 3. The minimum atomic E-state index is -0.989. The van der Waals surface area contributed by atoms with Crippen molar-refractivity contribution in [1.82, 2.24) is 34.7 Å². The van der Waals surface area contributed by atoms with Gasteiger partial charge in [-0.25, -0.2) is 18.7 Å². The number of aryl methyl sites for hydroxylation is 4. The Kier molecular flexibility index (Phi) is 12.5. The number of nitrogens with one attached hydrogen (secondary N) is 1. The normalized spacial score (nSPS) is 25.3. The molecular formula is C54H62F2N8O6. The van der Waals surface area contributed by atoms with E-state index in [1.165, 1.54) is 6.07 Å². The zero-order valence-electron chi connectivity index (χ0n) is 40.8. The molecular weight excluding hydrogens is 895 g/mol. The SMILES string of the molecule is Cc1noc(C)c1-c1ccc2c(c1)nc([C@@H]1CCCC(=O)N1)n2C1CCC(C)(O)CC1.Cc1noc(C)c1-c1ccc2c(c1)nc([C@@H]1CCCC(=O)N1c1ccc(F)c(F)c1)n2C1CCC(C)(O)CC1. The summed E-state index contributed by atoms with van der Waals surface area (Å²) < 4.78 is 43.4. The van der Waals surface area contributed by atoms with Crippen LogP contribution < -0.4 is 10.2 Å². The summed E-state index contributed by atoms with van der Waals surface area (Å²) in [7, 11) is 0. The van der Waals surface area contributed by atoms with Crippen LogP contribution in [0.2, 0.25) is 0 Å². The molecule has 4 fully saturated rings. The summed E-state index contributed by atoms with van der Waals surface area (Å²) in [5.74, 6) is 1.20. The number of anilines is 1. The zero-order chi connectivity index (χ0) is 49.2. The van der Waals surface area contributed by atoms with Gasteiger partial charge in [-0.15, -0.1) is 0 Å². The minimum absolute atomic E-state index is 0.0707. The van der Waals surface area contributed by atoms with Crippen molar-refractivity contribution in [2.45, 2.75) is 167 Å². The van der Waals surface area contributed by atoms with Crippen LogP contribution in [0.15, 0.2) is 63.6 Å². The number of rotatable bonds is 7. The van der Waals surface area contributed by atoms with Crippen molar-refractivity contribution in [3.8, 4) is 22.3 Å². The lowest BCUT2D eigenvalue weighted by Gasteiger charge is -2.38. The molecule has 2 amide bonds. The molecule has 368 valence electrons. The summed E-state index contributed by atoms with van der Waals surface area (Å²) in [5.41, 5.74) is 8.33. The number of hydrogen-bond acceptors (Lipinski definition) is 10. The highest BCUT2D eigenvalue weighted by Crippen LogP contribution is 2.44. The van der Waals surface area contributed by atoms with E-state index in [4.69, 9.17) is 19.0 Å². The monoisotopic (exact) mass is 956 g/mol. The Morgan fingerprint density at radius 3 is 1.66 bits per heavy atom. The lowest BCUT2D eigenvalue weighted by molar-refractivity contribution is -0.123. The van der Waals surface area contributed by atoms with Gasteiger partial charge in [0.05, 0.1) is 56.7 Å². The van der Waals surface area contributed by atoms with Gasteiger partial charge in [0.25, 0.3) is 0 Å². The first kappa shape index (κ1) is 47.4. The van der Waals surface area contributed by atoms with Gasteiger partial charge >= 0.3 is 0 Å². The first-order valence-electron chi connectivity index (χ1n) is 24.9. The van der Waals surface area contributed by atoms with E-state index in [2.05, 4.69) is 43.0 Å². The van der Waals surface area contributed by atoms with Gasteiger partial charge in [-0.2, -0.15) is 0 Å². The molecule has 70 heavy (non-hydrogen) atoms. The van der Waals surface area contributed by atoms with Crippen molar-refractivity contribution in [3.05, 3.63) is 101 Å². The number of imidazole rings is 2. The zero-order valence-corrected chi connectivity index (χ0v) is 40.8. The molecule has 0 bridgehead atoms. The minimum Gasteiger partial charge on any atom is -0.390 e. The van der Waals surface area contributed by atoms with E-state index in [0.717, 1.165) is 142 Å². The number of fused-ring (bicyclic) bond motifs is 2. The first-order valence-corrected chi connectivity index (χ1v) is 24.9. The lowest BCUT2D eigenvalue weighted by atomic mass is 9.83. The van der Waals surface area contributed by atoms with E-state index in [-0.39, 0.29) is 29.9 Å². The van der Waals surface area contributed by atoms with Crippen LogP contribution in [0.5, 0.6) is 0 Å². The average molecular weight is 957 g/mol. The molecule has 7 aromatic rings. The molecule has 16 heteroatoms. The Morgan fingerprint density at radius 1 is 0.643 bits per heavy atom. The predicted molar refractivity (Wildman–Crippen MR) is 261 cm³/mol. The van der Waals surface area contributed by atoms with Crippen LogP contribution in [-0.4, -0.2) is 62.6 Å². The van der Waals surface area contributed by atoms with Crippen LogP contribution in [0.4, 0.5) is 14.5 Å². The number of aliphatic hydroxyl groups is 2. The van der Waals surface area contributed by atoms with Crippen molar-refractivity contribution in [3.63, 3.8) is 0 Å². The largest absolute Gasteiger partial charge is 0.390 e. The molecule has 3 aromatic carbocycles. The van der Waals surface area contributed by atoms with Crippen molar-refractivity contribution in [2.75, 3.05) is 4.90 Å². The summed E-state index contributed by atoms with van der Waals surface area (Å²) in [6, 6.07) is 15.9. The van der Waals surface area contributed by atoms with Crippen molar-refractivity contribution >= 4 is 39.6 Å². The average Bonchev–Trinajstić information content (AvgIpc) is 4.09. The van der Waals surface area contributed by atoms with Gasteiger partial charge in [-0.3, -0.25) is 9.59 Å². The second-order valence-electron chi connectivity index (χ2n) is 20.7. The molecule has 0 unspecified atom stereocenters. The topological polar surface area (TPSA) is 178 Å². The molecule has 2 aliphatic carbocycles. The second-order valence-corrected chi connectivity index (χ2v) is 20.7. The number of aromatic nitrogens is 6. The number of carbonyl (C=O) groups excluding carboxylic acids is 2. The summed E-state index contributed by atoms with van der Waals surface area (Å²) in [6.07, 6.45) is 10.2. The lowest BCUT2D eigenvalue weighted by Crippen LogP contribution is -2.40. The van der Waals surface area contributed by atoms with E-state index in [1.54, 1.807) is 4.90 Å². The molecule has 0 spiro atoms. The maximum atomic E-state index is 14.3. The molecule has 2 aliphatic heterocycles. The third kappa shape index (κ3) is 9.04. The second kappa shape index (κ2) is 18.5. The van der Waals surface area contributed by atoms with Gasteiger partial charge in [0.2, 0.25) is 11.8 Å². The van der Waals surface area contributed by atoms with Crippen LogP contribution in [0.25, 0.3) is 44.3 Å².